The van der Waals surface area contributed by atoms with Crippen molar-refractivity contribution in [3.63, 3.8) is 0 Å². The zero-order valence-corrected chi connectivity index (χ0v) is 35.4. The minimum absolute atomic E-state index is 0.0255. The lowest BCUT2D eigenvalue weighted by Crippen LogP contribution is -2.64. The topological polar surface area (TPSA) is 199 Å². The number of allylic oxidation sites excluding steroid dienone is 2. The van der Waals surface area contributed by atoms with E-state index in [2.05, 4.69) is 0 Å². The van der Waals surface area contributed by atoms with E-state index in [0.717, 1.165) is 4.90 Å². The molecular weight excluding hydrogens is 738 g/mol. The Kier molecular flexibility index (Phi) is 17.0. The molecule has 57 heavy (non-hydrogen) atoms. The van der Waals surface area contributed by atoms with Crippen molar-refractivity contribution < 1.29 is 63.3 Å². The number of aliphatic hydroxyl groups is 4. The summed E-state index contributed by atoms with van der Waals surface area (Å²) in [6, 6.07) is -1.16. The van der Waals surface area contributed by atoms with Gasteiger partial charge >= 0.3 is 5.97 Å². The first-order valence-electron chi connectivity index (χ1n) is 20.9. The molecule has 4 N–H and O–H groups in total. The molecule has 0 spiro atoms. The number of piperidine rings is 1. The van der Waals surface area contributed by atoms with Crippen molar-refractivity contribution in [1.82, 2.24) is 4.90 Å². The Balaban J connectivity index is 1.79. The number of hydrogen-bond acceptors (Lipinski definition) is 13. The number of aliphatic hydroxyl groups excluding tert-OH is 3. The molecule has 3 heterocycles. The van der Waals surface area contributed by atoms with Crippen LogP contribution in [0, 0.1) is 29.6 Å². The number of carbonyl (C=O) groups excluding carboxylic acids is 4. The fraction of sp³-hybridized carbons (Fsp3) is 0.814. The van der Waals surface area contributed by atoms with Gasteiger partial charge in [0, 0.05) is 52.0 Å². The molecule has 1 saturated carbocycles. The van der Waals surface area contributed by atoms with Gasteiger partial charge in [-0.3, -0.25) is 14.4 Å². The third-order valence-electron chi connectivity index (χ3n) is 13.2. The van der Waals surface area contributed by atoms with Crippen molar-refractivity contribution in [2.75, 3.05) is 27.9 Å². The van der Waals surface area contributed by atoms with Gasteiger partial charge in [0.1, 0.15) is 24.0 Å². The Morgan fingerprint density at radius 2 is 1.56 bits per heavy atom. The maximum absolute atomic E-state index is 14.3. The molecule has 1 amide bonds. The van der Waals surface area contributed by atoms with Gasteiger partial charge in [0.15, 0.2) is 0 Å². The van der Waals surface area contributed by atoms with Crippen molar-refractivity contribution in [1.29, 1.82) is 0 Å². The van der Waals surface area contributed by atoms with Gasteiger partial charge in [0.2, 0.25) is 5.79 Å². The molecule has 2 saturated heterocycles. The average Bonchev–Trinajstić information content (AvgIpc) is 3.20. The number of hydrogen-bond donors (Lipinski definition) is 4. The van der Waals surface area contributed by atoms with Crippen LogP contribution in [0.5, 0.6) is 0 Å². The predicted octanol–water partition coefficient (Wildman–Crippen LogP) is 3.44. The smallest absolute Gasteiger partial charge is 0.329 e. The van der Waals surface area contributed by atoms with E-state index >= 15 is 0 Å². The third-order valence-corrected chi connectivity index (χ3v) is 13.2. The van der Waals surface area contributed by atoms with Gasteiger partial charge in [0.25, 0.3) is 11.7 Å². The Labute approximate surface area is 338 Å². The van der Waals surface area contributed by atoms with E-state index < -0.39 is 95.9 Å². The van der Waals surface area contributed by atoms with E-state index in [0.29, 0.717) is 49.7 Å². The molecule has 4 unspecified atom stereocenters. The van der Waals surface area contributed by atoms with E-state index in [9.17, 15) is 39.6 Å². The van der Waals surface area contributed by atoms with E-state index in [1.807, 2.05) is 19.9 Å². The quantitative estimate of drug-likeness (QED) is 0.173. The number of Topliss-reactive ketones (excluding diaryl/α,β-unsaturated/α-hetero) is 2. The highest BCUT2D eigenvalue weighted by molar-refractivity contribution is 6.39. The number of esters is 1. The summed E-state index contributed by atoms with van der Waals surface area (Å²) >= 11 is 0. The van der Waals surface area contributed by atoms with Crippen LogP contribution in [-0.4, -0.2) is 137 Å². The number of nitrogens with zero attached hydrogens (tertiary/aromatic N) is 1. The van der Waals surface area contributed by atoms with Gasteiger partial charge < -0.3 is 49.0 Å². The second-order valence-corrected chi connectivity index (χ2v) is 17.2. The van der Waals surface area contributed by atoms with Crippen LogP contribution in [0.25, 0.3) is 0 Å². The molecule has 3 fully saturated rings. The second-order valence-electron chi connectivity index (χ2n) is 17.2. The SMILES string of the molecule is CCC1/C=C(\C)[C@@H](O)C(C)C[C@H](OC)[C@H]2O[C@@](O)(C(=O)C(=O)N3CCCCC3C(=O)O[C@H](/C(C)=C/C3CC[C@@H](O)[C@H](OC)C3)[C@H](C)[C@@H](O)CC1=O)[C@H](C)C[C@@H]2OC. The highest BCUT2D eigenvalue weighted by atomic mass is 16.7. The zero-order valence-electron chi connectivity index (χ0n) is 35.4. The van der Waals surface area contributed by atoms with E-state index in [1.54, 1.807) is 40.9 Å². The molecule has 324 valence electrons. The lowest BCUT2D eigenvalue weighted by molar-refractivity contribution is -0.302. The van der Waals surface area contributed by atoms with E-state index in [1.165, 1.54) is 14.2 Å². The maximum Gasteiger partial charge on any atom is 0.329 e. The summed E-state index contributed by atoms with van der Waals surface area (Å²) in [5.74, 6) is -8.59. The maximum atomic E-state index is 14.3. The Morgan fingerprint density at radius 3 is 2.19 bits per heavy atom. The minimum Gasteiger partial charge on any atom is -0.456 e. The Morgan fingerprint density at radius 1 is 0.912 bits per heavy atom. The van der Waals surface area contributed by atoms with Crippen LogP contribution < -0.4 is 0 Å². The Bertz CT molecular complexity index is 1470. The average molecular weight is 808 g/mol. The van der Waals surface area contributed by atoms with Crippen LogP contribution in [0.3, 0.4) is 0 Å². The summed E-state index contributed by atoms with van der Waals surface area (Å²) in [7, 11) is 4.49. The molecule has 0 radical (unpaired) electrons. The standard InChI is InChI=1S/C43H69NO13/c1-10-29-18-23(2)37(48)24(3)19-35(54-8)39-36(55-9)20-26(5)43(52,57-39)40(49)41(50)44-16-12-11-13-30(44)42(51)56-38(27(6)32(46)22-33(29)47)25(4)17-28-14-15-31(45)34(21-28)53-7/h17-18,24,26-32,34-39,45-46,48,52H,10-16,19-22H2,1-9H3/b23-18+,25-17+/t24?,26-,27-,28?,29?,30?,31-,32+,34-,35+,36+,37-,38-,39-,43-/m1/s1. The second kappa shape index (κ2) is 20.6. The van der Waals surface area contributed by atoms with Gasteiger partial charge in [-0.05, 0) is 94.6 Å². The first kappa shape index (κ1) is 47.1. The first-order valence-corrected chi connectivity index (χ1v) is 20.9. The summed E-state index contributed by atoms with van der Waals surface area (Å²) in [6.45, 7) is 10.6. The van der Waals surface area contributed by atoms with Crippen molar-refractivity contribution in [2.24, 2.45) is 29.6 Å². The van der Waals surface area contributed by atoms with Gasteiger partial charge in [0.05, 0.1) is 36.6 Å². The van der Waals surface area contributed by atoms with Crippen molar-refractivity contribution >= 4 is 23.4 Å². The van der Waals surface area contributed by atoms with Crippen LogP contribution in [0.2, 0.25) is 0 Å². The van der Waals surface area contributed by atoms with Crippen molar-refractivity contribution in [3.8, 4) is 0 Å². The van der Waals surface area contributed by atoms with E-state index in [-0.39, 0.29) is 50.0 Å². The number of rotatable bonds is 6. The Hall–Kier alpha value is -2.56. The largest absolute Gasteiger partial charge is 0.456 e. The minimum atomic E-state index is -2.57. The molecule has 14 nitrogen and oxygen atoms in total. The summed E-state index contributed by atoms with van der Waals surface area (Å²) in [5, 5.41) is 45.6. The van der Waals surface area contributed by atoms with Crippen LogP contribution in [0.1, 0.15) is 106 Å². The molecule has 0 aromatic rings. The van der Waals surface area contributed by atoms with E-state index in [4.69, 9.17) is 23.7 Å². The lowest BCUT2D eigenvalue weighted by atomic mass is 9.81. The number of ether oxygens (including phenoxy) is 5. The molecule has 2 bridgehead atoms. The summed E-state index contributed by atoms with van der Waals surface area (Å²) < 4.78 is 29.6. The molecule has 15 atom stereocenters. The first-order chi connectivity index (χ1) is 26.9. The van der Waals surface area contributed by atoms with Crippen molar-refractivity contribution in [3.05, 3.63) is 23.3 Å². The molecular formula is C43H69NO13. The highest BCUT2D eigenvalue weighted by Crippen LogP contribution is 2.39. The number of cyclic esters (lactones) is 1. The number of amides is 1. The number of fused-ring (bicyclic) bond motifs is 3. The zero-order chi connectivity index (χ0) is 42.4. The van der Waals surface area contributed by atoms with Gasteiger partial charge in [-0.1, -0.05) is 39.8 Å². The molecule has 14 heteroatoms. The van der Waals surface area contributed by atoms with Crippen LogP contribution >= 0.6 is 0 Å². The molecule has 4 aliphatic rings. The molecule has 3 aliphatic heterocycles. The number of methoxy groups -OCH3 is 3. The fourth-order valence-electron chi connectivity index (χ4n) is 9.31. The summed E-state index contributed by atoms with van der Waals surface area (Å²) in [4.78, 5) is 57.7. The molecule has 4 rings (SSSR count). The summed E-state index contributed by atoms with van der Waals surface area (Å²) in [6.07, 6.45) is 0.618. The van der Waals surface area contributed by atoms with Crippen LogP contribution in [0.4, 0.5) is 0 Å². The third kappa shape index (κ3) is 10.8. The normalized spacial score (nSPS) is 42.4. The predicted molar refractivity (Wildman–Crippen MR) is 209 cm³/mol. The monoisotopic (exact) mass is 807 g/mol. The van der Waals surface area contributed by atoms with Crippen LogP contribution in [0.15, 0.2) is 23.3 Å². The number of carbonyl (C=O) groups is 4. The van der Waals surface area contributed by atoms with Gasteiger partial charge in [-0.25, -0.2) is 4.79 Å². The lowest BCUT2D eigenvalue weighted by Gasteiger charge is -2.47. The van der Waals surface area contributed by atoms with Crippen LogP contribution in [-0.2, 0) is 42.9 Å². The summed E-state index contributed by atoms with van der Waals surface area (Å²) in [5.41, 5.74) is 1.19. The molecule has 0 aromatic carbocycles. The van der Waals surface area contributed by atoms with Gasteiger partial charge in [-0.15, -0.1) is 0 Å². The van der Waals surface area contributed by atoms with Gasteiger partial charge in [-0.2, -0.15) is 0 Å². The molecule has 1 aliphatic carbocycles. The fourth-order valence-corrected chi connectivity index (χ4v) is 9.31. The highest BCUT2D eigenvalue weighted by Gasteiger charge is 2.56. The molecule has 0 aromatic heterocycles. The van der Waals surface area contributed by atoms with Crippen molar-refractivity contribution in [2.45, 2.75) is 166 Å². The number of ketones is 2.